The number of aromatic amines is 1. The number of carboxylic acid groups (broad SMARTS) is 1. The van der Waals surface area contributed by atoms with E-state index < -0.39 is 12.0 Å². The lowest BCUT2D eigenvalue weighted by Crippen LogP contribution is -2.32. The summed E-state index contributed by atoms with van der Waals surface area (Å²) < 4.78 is 0. The van der Waals surface area contributed by atoms with Gasteiger partial charge >= 0.3 is 5.97 Å². The van der Waals surface area contributed by atoms with Gasteiger partial charge in [-0.3, -0.25) is 4.79 Å². The zero-order chi connectivity index (χ0) is 8.27. The number of aromatic nitrogens is 2. The molecule has 0 saturated carbocycles. The number of halogens is 3. The molecule has 0 spiro atoms. The van der Waals surface area contributed by atoms with Gasteiger partial charge in [0.15, 0.2) is 0 Å². The zero-order valence-corrected chi connectivity index (χ0v) is 9.99. The monoisotopic (exact) mass is 281 g/mol. The van der Waals surface area contributed by atoms with Gasteiger partial charge in [0.2, 0.25) is 0 Å². The highest BCUT2D eigenvalue weighted by Crippen LogP contribution is 1.95. The van der Waals surface area contributed by atoms with Crippen molar-refractivity contribution in [1.29, 1.82) is 0 Å². The quantitative estimate of drug-likeness (QED) is 0.710. The summed E-state index contributed by atoms with van der Waals surface area (Å²) in [5, 5.41) is 8.42. The van der Waals surface area contributed by atoms with Gasteiger partial charge in [-0.05, 0) is 0 Å². The molecule has 15 heavy (non-hydrogen) atoms. The van der Waals surface area contributed by atoms with Gasteiger partial charge in [0.25, 0.3) is 0 Å². The molecular formula is C6H14Cl3N3O3. The number of nitrogens with zero attached hydrogens (tertiary/aromatic N) is 1. The topological polar surface area (TPSA) is 124 Å². The van der Waals surface area contributed by atoms with Crippen LogP contribution in [0, 0.1) is 0 Å². The van der Waals surface area contributed by atoms with E-state index in [0.29, 0.717) is 0 Å². The fourth-order valence-electron chi connectivity index (χ4n) is 0.721. The minimum absolute atomic E-state index is 0. The molecule has 0 aliphatic heterocycles. The summed E-state index contributed by atoms with van der Waals surface area (Å²) in [6, 6.07) is -0.851. The van der Waals surface area contributed by atoms with E-state index in [-0.39, 0.29) is 49.1 Å². The third-order valence-electron chi connectivity index (χ3n) is 1.31. The summed E-state index contributed by atoms with van der Waals surface area (Å²) >= 11 is 0. The van der Waals surface area contributed by atoms with Crippen LogP contribution in [0.3, 0.4) is 0 Å². The lowest BCUT2D eigenvalue weighted by molar-refractivity contribution is -0.138. The first-order valence-electron chi connectivity index (χ1n) is 3.16. The molecule has 6 nitrogen and oxygen atoms in total. The molecule has 9 heteroatoms. The molecule has 1 atom stereocenters. The normalized spacial score (nSPS) is 9.40. The van der Waals surface area contributed by atoms with Crippen molar-refractivity contribution in [2.75, 3.05) is 0 Å². The minimum Gasteiger partial charge on any atom is -0.480 e. The highest BCUT2D eigenvalue weighted by molar-refractivity contribution is 5.86. The van der Waals surface area contributed by atoms with Gasteiger partial charge in [0, 0.05) is 18.3 Å². The van der Waals surface area contributed by atoms with E-state index in [9.17, 15) is 4.79 Å². The first kappa shape index (κ1) is 24.0. The molecule has 0 radical (unpaired) electrons. The molecule has 1 rings (SSSR count). The predicted molar refractivity (Wildman–Crippen MR) is 63.3 cm³/mol. The van der Waals surface area contributed by atoms with E-state index in [1.165, 1.54) is 6.33 Å². The van der Waals surface area contributed by atoms with Crippen LogP contribution >= 0.6 is 37.2 Å². The Hall–Kier alpha value is -0.530. The fourth-order valence-corrected chi connectivity index (χ4v) is 0.721. The van der Waals surface area contributed by atoms with Crippen LogP contribution < -0.4 is 5.73 Å². The lowest BCUT2D eigenvalue weighted by Gasteiger charge is -2.02. The van der Waals surface area contributed by atoms with Crippen LogP contribution in [0.15, 0.2) is 12.5 Å². The fraction of sp³-hybridized carbons (Fsp3) is 0.333. The number of aliphatic carboxylic acids is 1. The van der Waals surface area contributed by atoms with Gasteiger partial charge in [-0.1, -0.05) is 0 Å². The minimum atomic E-state index is -1.00. The van der Waals surface area contributed by atoms with Crippen LogP contribution in [0.25, 0.3) is 0 Å². The first-order chi connectivity index (χ1) is 5.20. The Morgan fingerprint density at radius 3 is 2.40 bits per heavy atom. The lowest BCUT2D eigenvalue weighted by atomic mass is 10.2. The molecule has 0 aromatic carbocycles. The summed E-state index contributed by atoms with van der Waals surface area (Å²) in [5.41, 5.74) is 6.00. The number of nitrogens with two attached hydrogens (primary N) is 1. The summed E-state index contributed by atoms with van der Waals surface area (Å²) in [6.07, 6.45) is 3.34. The van der Waals surface area contributed by atoms with Crippen molar-refractivity contribution >= 4 is 43.2 Å². The molecule has 0 bridgehead atoms. The van der Waals surface area contributed by atoms with Crippen molar-refractivity contribution in [2.45, 2.75) is 12.5 Å². The molecular weight excluding hydrogens is 268 g/mol. The highest BCUT2D eigenvalue weighted by Gasteiger charge is 2.11. The van der Waals surface area contributed by atoms with Gasteiger partial charge in [-0.25, -0.2) is 4.98 Å². The number of carbonyl (C=O) groups is 1. The number of carboxylic acids is 1. The van der Waals surface area contributed by atoms with E-state index >= 15 is 0 Å². The summed E-state index contributed by atoms with van der Waals surface area (Å²) in [7, 11) is 0. The average molecular weight is 283 g/mol. The van der Waals surface area contributed by atoms with Crippen molar-refractivity contribution in [3.63, 3.8) is 0 Å². The van der Waals surface area contributed by atoms with Crippen LogP contribution in [-0.4, -0.2) is 32.6 Å². The molecule has 1 aromatic rings. The number of rotatable bonds is 3. The Balaban J connectivity index is -0.000000151. The Labute approximate surface area is 105 Å². The Bertz CT molecular complexity index is 245. The number of hydrogen-bond acceptors (Lipinski definition) is 3. The maximum atomic E-state index is 10.3. The Morgan fingerprint density at radius 2 is 2.07 bits per heavy atom. The summed E-state index contributed by atoms with van der Waals surface area (Å²) in [6.45, 7) is 0. The van der Waals surface area contributed by atoms with E-state index in [2.05, 4.69) is 9.97 Å². The standard InChI is InChI=1S/C6H9N3O2.3ClH.H2O/c7-5(6(10)11)1-4-2-8-3-9-4;;;;/h2-3,5H,1,7H2,(H,8,9)(H,10,11);3*1H;1H2/t5-;;;;/m0..../s1. The van der Waals surface area contributed by atoms with Crippen LogP contribution in [-0.2, 0) is 11.2 Å². The van der Waals surface area contributed by atoms with Gasteiger partial charge in [0.1, 0.15) is 6.04 Å². The number of hydrogen-bond donors (Lipinski definition) is 3. The Morgan fingerprint density at radius 1 is 1.53 bits per heavy atom. The average Bonchev–Trinajstić information content (AvgIpc) is 2.39. The number of imidazole rings is 1. The van der Waals surface area contributed by atoms with Crippen molar-refractivity contribution in [1.82, 2.24) is 9.97 Å². The van der Waals surface area contributed by atoms with Gasteiger partial charge in [-0.2, -0.15) is 0 Å². The highest BCUT2D eigenvalue weighted by atomic mass is 35.5. The molecule has 0 aliphatic carbocycles. The van der Waals surface area contributed by atoms with Crippen molar-refractivity contribution < 1.29 is 15.4 Å². The molecule has 0 fully saturated rings. The largest absolute Gasteiger partial charge is 0.480 e. The van der Waals surface area contributed by atoms with Gasteiger partial charge < -0.3 is 21.3 Å². The maximum Gasteiger partial charge on any atom is 0.320 e. The summed E-state index contributed by atoms with van der Waals surface area (Å²) in [4.78, 5) is 16.8. The second-order valence-corrected chi connectivity index (χ2v) is 2.23. The van der Waals surface area contributed by atoms with Crippen LogP contribution in [0.2, 0.25) is 0 Å². The molecule has 0 aliphatic rings. The van der Waals surface area contributed by atoms with E-state index in [1.807, 2.05) is 0 Å². The smallest absolute Gasteiger partial charge is 0.320 e. The zero-order valence-electron chi connectivity index (χ0n) is 7.54. The van der Waals surface area contributed by atoms with Crippen molar-refractivity contribution in [2.24, 2.45) is 5.73 Å². The third kappa shape index (κ3) is 8.46. The second kappa shape index (κ2) is 11.5. The Kier molecular flexibility index (Phi) is 18.4. The predicted octanol–water partition coefficient (Wildman–Crippen LogP) is -0.195. The summed E-state index contributed by atoms with van der Waals surface area (Å²) in [5.74, 6) is -1.00. The van der Waals surface area contributed by atoms with Gasteiger partial charge in [-0.15, -0.1) is 37.2 Å². The van der Waals surface area contributed by atoms with Crippen LogP contribution in [0.1, 0.15) is 5.69 Å². The molecule has 1 aromatic heterocycles. The van der Waals surface area contributed by atoms with Crippen molar-refractivity contribution in [3.8, 4) is 0 Å². The van der Waals surface area contributed by atoms with E-state index in [0.717, 1.165) is 5.69 Å². The SMILES string of the molecule is Cl.Cl.Cl.N[C@@H](Cc1cnc[nH]1)C(=O)O.O. The maximum absolute atomic E-state index is 10.3. The number of nitrogens with one attached hydrogen (secondary N) is 1. The number of H-pyrrole nitrogens is 1. The third-order valence-corrected chi connectivity index (χ3v) is 1.31. The van der Waals surface area contributed by atoms with Gasteiger partial charge in [0.05, 0.1) is 6.33 Å². The van der Waals surface area contributed by atoms with E-state index in [1.54, 1.807) is 6.20 Å². The van der Waals surface area contributed by atoms with E-state index in [4.69, 9.17) is 10.8 Å². The molecule has 0 unspecified atom stereocenters. The molecule has 6 N–H and O–H groups in total. The second-order valence-electron chi connectivity index (χ2n) is 2.23. The van der Waals surface area contributed by atoms with Crippen molar-refractivity contribution in [3.05, 3.63) is 18.2 Å². The van der Waals surface area contributed by atoms with Crippen LogP contribution in [0.4, 0.5) is 0 Å². The van der Waals surface area contributed by atoms with Crippen LogP contribution in [0.5, 0.6) is 0 Å². The molecule has 0 amide bonds. The first-order valence-corrected chi connectivity index (χ1v) is 3.16. The molecule has 1 heterocycles. The molecule has 92 valence electrons. The molecule has 0 saturated heterocycles.